The Labute approximate surface area is 175 Å². The highest BCUT2D eigenvalue weighted by atomic mass is 32.2. The second-order valence-corrected chi connectivity index (χ2v) is 10.1. The predicted molar refractivity (Wildman–Crippen MR) is 114 cm³/mol. The van der Waals surface area contributed by atoms with E-state index >= 15 is 0 Å². The summed E-state index contributed by atoms with van der Waals surface area (Å²) < 4.78 is 23.3. The highest BCUT2D eigenvalue weighted by molar-refractivity contribution is 7.99. The number of para-hydroxylation sites is 1. The number of hydrogen-bond acceptors (Lipinski definition) is 6. The number of rotatable bonds is 6. The first-order valence-electron chi connectivity index (χ1n) is 9.05. The van der Waals surface area contributed by atoms with Gasteiger partial charge in [0.25, 0.3) is 5.91 Å². The summed E-state index contributed by atoms with van der Waals surface area (Å²) in [5.41, 5.74) is 0.537. The molecule has 1 aliphatic heterocycles. The molecule has 1 atom stereocenters. The number of hydrogen-bond donors (Lipinski definition) is 1. The average Bonchev–Trinajstić information content (AvgIpc) is 3.08. The summed E-state index contributed by atoms with van der Waals surface area (Å²) in [4.78, 5) is 16.2. The van der Waals surface area contributed by atoms with Crippen molar-refractivity contribution in [3.63, 3.8) is 0 Å². The van der Waals surface area contributed by atoms with E-state index in [0.29, 0.717) is 12.1 Å². The van der Waals surface area contributed by atoms with Crippen LogP contribution < -0.4 is 5.32 Å². The van der Waals surface area contributed by atoms with Crippen LogP contribution in [0.15, 0.2) is 76.2 Å². The molecule has 1 aliphatic rings. The molecular formula is C21H21N3O3S2. The van der Waals surface area contributed by atoms with E-state index in [2.05, 4.69) is 5.32 Å². The van der Waals surface area contributed by atoms with Gasteiger partial charge in [-0.15, -0.1) is 0 Å². The van der Waals surface area contributed by atoms with Gasteiger partial charge in [0.15, 0.2) is 9.84 Å². The van der Waals surface area contributed by atoms with Crippen LogP contribution in [0.5, 0.6) is 0 Å². The number of carbonyl (C=O) groups excluding carboxylic acids is 1. The van der Waals surface area contributed by atoms with Crippen LogP contribution in [0.4, 0.5) is 5.69 Å². The molecule has 0 bridgehead atoms. The van der Waals surface area contributed by atoms with Crippen LogP contribution in [0.3, 0.4) is 0 Å². The highest BCUT2D eigenvalue weighted by Gasteiger charge is 2.30. The minimum absolute atomic E-state index is 0.0386. The number of nitrogens with one attached hydrogen (secondary N) is 1. The Morgan fingerprint density at radius 1 is 1.21 bits per heavy atom. The first kappa shape index (κ1) is 21.0. The van der Waals surface area contributed by atoms with Gasteiger partial charge < -0.3 is 10.2 Å². The summed E-state index contributed by atoms with van der Waals surface area (Å²) in [5, 5.41) is 12.2. The molecule has 1 fully saturated rings. The van der Waals surface area contributed by atoms with Gasteiger partial charge in [0, 0.05) is 29.1 Å². The van der Waals surface area contributed by atoms with Gasteiger partial charge >= 0.3 is 0 Å². The van der Waals surface area contributed by atoms with Crippen molar-refractivity contribution in [2.45, 2.75) is 22.3 Å². The van der Waals surface area contributed by atoms with Gasteiger partial charge in [-0.1, -0.05) is 42.1 Å². The van der Waals surface area contributed by atoms with Crippen molar-refractivity contribution in [1.29, 1.82) is 5.26 Å². The molecule has 1 amide bonds. The summed E-state index contributed by atoms with van der Waals surface area (Å²) in [7, 11) is -1.35. The fraction of sp³-hybridized carbons (Fsp3) is 0.238. The van der Waals surface area contributed by atoms with Crippen molar-refractivity contribution in [2.75, 3.05) is 23.9 Å². The summed E-state index contributed by atoms with van der Waals surface area (Å²) in [6.07, 6.45) is 1.92. The maximum absolute atomic E-state index is 12.7. The van der Waals surface area contributed by atoms with Gasteiger partial charge in [0.2, 0.25) is 0 Å². The SMILES string of the molecule is CN(/C=C(/C#N)C(=O)Nc1ccccc1Sc1ccccc1)C1CCS(=O)(=O)C1. The summed E-state index contributed by atoms with van der Waals surface area (Å²) in [6.45, 7) is 0. The zero-order valence-electron chi connectivity index (χ0n) is 15.9. The largest absolute Gasteiger partial charge is 0.375 e. The number of sulfone groups is 1. The topological polar surface area (TPSA) is 90.3 Å². The number of nitrogens with zero attached hydrogens (tertiary/aromatic N) is 2. The number of carbonyl (C=O) groups is 1. The lowest BCUT2D eigenvalue weighted by molar-refractivity contribution is -0.112. The van der Waals surface area contributed by atoms with Crippen molar-refractivity contribution in [2.24, 2.45) is 0 Å². The molecule has 0 saturated carbocycles. The molecule has 0 spiro atoms. The van der Waals surface area contributed by atoms with Crippen LogP contribution in [-0.4, -0.2) is 43.8 Å². The minimum atomic E-state index is -3.04. The lowest BCUT2D eigenvalue weighted by atomic mass is 10.2. The van der Waals surface area contributed by atoms with Gasteiger partial charge in [0.1, 0.15) is 11.6 Å². The van der Waals surface area contributed by atoms with E-state index < -0.39 is 15.7 Å². The van der Waals surface area contributed by atoms with Crippen LogP contribution in [0, 0.1) is 11.3 Å². The first-order chi connectivity index (χ1) is 13.9. The normalized spacial score (nSPS) is 18.1. The third kappa shape index (κ3) is 5.62. The van der Waals surface area contributed by atoms with Gasteiger partial charge in [-0.3, -0.25) is 4.79 Å². The summed E-state index contributed by atoms with van der Waals surface area (Å²) in [5.74, 6) is -0.355. The number of anilines is 1. The molecule has 8 heteroatoms. The molecule has 0 aromatic heterocycles. The molecule has 3 rings (SSSR count). The van der Waals surface area contributed by atoms with E-state index in [-0.39, 0.29) is 23.1 Å². The fourth-order valence-corrected chi connectivity index (χ4v) is 5.72. The highest BCUT2D eigenvalue weighted by Crippen LogP contribution is 2.33. The number of benzene rings is 2. The molecule has 1 N–H and O–H groups in total. The predicted octanol–water partition coefficient (Wildman–Crippen LogP) is 3.30. The minimum Gasteiger partial charge on any atom is -0.375 e. The monoisotopic (exact) mass is 427 g/mol. The van der Waals surface area contributed by atoms with Crippen molar-refractivity contribution < 1.29 is 13.2 Å². The van der Waals surface area contributed by atoms with Crippen molar-refractivity contribution in [3.05, 3.63) is 66.4 Å². The molecule has 29 heavy (non-hydrogen) atoms. The molecule has 1 unspecified atom stereocenters. The van der Waals surface area contributed by atoms with Gasteiger partial charge in [-0.25, -0.2) is 8.42 Å². The number of amides is 1. The van der Waals surface area contributed by atoms with Crippen molar-refractivity contribution in [3.8, 4) is 6.07 Å². The molecule has 6 nitrogen and oxygen atoms in total. The van der Waals surface area contributed by atoms with Crippen LogP contribution in [-0.2, 0) is 14.6 Å². The standard InChI is InChI=1S/C21H21N3O3S2/c1-24(17-11-12-29(26,27)15-17)14-16(13-22)21(25)23-19-9-5-6-10-20(19)28-18-7-3-2-4-8-18/h2-10,14,17H,11-12,15H2,1H3,(H,23,25)/b16-14-. The van der Waals surface area contributed by atoms with E-state index in [1.807, 2.05) is 54.6 Å². The zero-order chi connectivity index (χ0) is 20.9. The molecule has 0 aliphatic carbocycles. The van der Waals surface area contributed by atoms with Crippen LogP contribution in [0.25, 0.3) is 0 Å². The molecular weight excluding hydrogens is 406 g/mol. The second kappa shape index (κ2) is 9.16. The van der Waals surface area contributed by atoms with E-state index in [1.54, 1.807) is 18.0 Å². The lowest BCUT2D eigenvalue weighted by Crippen LogP contribution is -2.29. The van der Waals surface area contributed by atoms with Gasteiger partial charge in [-0.2, -0.15) is 5.26 Å². The Bertz CT molecular complexity index is 1060. The summed E-state index contributed by atoms with van der Waals surface area (Å²) >= 11 is 1.52. The average molecular weight is 428 g/mol. The maximum Gasteiger partial charge on any atom is 0.267 e. The molecule has 1 saturated heterocycles. The number of nitriles is 1. The van der Waals surface area contributed by atoms with E-state index in [4.69, 9.17) is 0 Å². The van der Waals surface area contributed by atoms with Crippen molar-refractivity contribution in [1.82, 2.24) is 4.90 Å². The quantitative estimate of drug-likeness (QED) is 0.562. The lowest BCUT2D eigenvalue weighted by Gasteiger charge is -2.21. The van der Waals surface area contributed by atoms with E-state index in [1.165, 1.54) is 18.0 Å². The molecule has 0 radical (unpaired) electrons. The third-order valence-electron chi connectivity index (χ3n) is 4.59. The smallest absolute Gasteiger partial charge is 0.267 e. The molecule has 150 valence electrons. The summed E-state index contributed by atoms with van der Waals surface area (Å²) in [6, 6.07) is 18.9. The van der Waals surface area contributed by atoms with Gasteiger partial charge in [-0.05, 0) is 30.7 Å². The van der Waals surface area contributed by atoms with Crippen LogP contribution in [0.1, 0.15) is 6.42 Å². The van der Waals surface area contributed by atoms with E-state index in [0.717, 1.165) is 9.79 Å². The van der Waals surface area contributed by atoms with Gasteiger partial charge in [0.05, 0.1) is 17.2 Å². The Kier molecular flexibility index (Phi) is 6.62. The fourth-order valence-electron chi connectivity index (χ4n) is 3.01. The molecule has 1 heterocycles. The Hall–Kier alpha value is -2.76. The zero-order valence-corrected chi connectivity index (χ0v) is 17.5. The molecule has 2 aromatic carbocycles. The maximum atomic E-state index is 12.7. The van der Waals surface area contributed by atoms with Crippen molar-refractivity contribution >= 4 is 33.2 Å². The second-order valence-electron chi connectivity index (χ2n) is 6.74. The van der Waals surface area contributed by atoms with E-state index in [9.17, 15) is 18.5 Å². The Morgan fingerprint density at radius 2 is 1.90 bits per heavy atom. The first-order valence-corrected chi connectivity index (χ1v) is 11.7. The Morgan fingerprint density at radius 3 is 2.55 bits per heavy atom. The third-order valence-corrected chi connectivity index (χ3v) is 7.42. The van der Waals surface area contributed by atoms with Crippen LogP contribution >= 0.6 is 11.8 Å². The van der Waals surface area contributed by atoms with Crippen LogP contribution in [0.2, 0.25) is 0 Å². The Balaban J connectivity index is 1.74. The molecule has 2 aromatic rings.